The van der Waals surface area contributed by atoms with E-state index in [1.807, 2.05) is 55.5 Å². The highest BCUT2D eigenvalue weighted by molar-refractivity contribution is 7.09. The van der Waals surface area contributed by atoms with Gasteiger partial charge in [0.1, 0.15) is 0 Å². The molecule has 2 aromatic carbocycles. The first kappa shape index (κ1) is 19.9. The molecule has 0 unspecified atom stereocenters. The lowest BCUT2D eigenvalue weighted by Crippen LogP contribution is -2.20. The van der Waals surface area contributed by atoms with Crippen LogP contribution < -0.4 is 20.1 Å². The maximum absolute atomic E-state index is 12.1. The molecule has 1 amide bonds. The topological polar surface area (TPSA) is 59.6 Å². The second kappa shape index (κ2) is 10.5. The lowest BCUT2D eigenvalue weighted by molar-refractivity contribution is -0.118. The first-order valence-corrected chi connectivity index (χ1v) is 10.1. The average molecular weight is 397 g/mol. The Kier molecular flexibility index (Phi) is 7.46. The molecule has 6 heteroatoms. The summed E-state index contributed by atoms with van der Waals surface area (Å²) in [6, 6.07) is 19.3. The molecular formula is C22H24N2O3S. The first-order chi connectivity index (χ1) is 13.7. The van der Waals surface area contributed by atoms with Gasteiger partial charge in [-0.1, -0.05) is 30.3 Å². The molecule has 1 heterocycles. The third-order valence-corrected chi connectivity index (χ3v) is 4.81. The van der Waals surface area contributed by atoms with Crippen molar-refractivity contribution in [1.29, 1.82) is 0 Å². The van der Waals surface area contributed by atoms with Crippen LogP contribution in [-0.4, -0.2) is 19.1 Å². The molecule has 5 nitrogen and oxygen atoms in total. The van der Waals surface area contributed by atoms with Gasteiger partial charge in [-0.15, -0.1) is 11.3 Å². The molecule has 0 aliphatic carbocycles. The number of hydrogen-bond acceptors (Lipinski definition) is 5. The Balaban J connectivity index is 1.55. The molecule has 3 aromatic rings. The van der Waals surface area contributed by atoms with Gasteiger partial charge < -0.3 is 20.1 Å². The molecule has 2 N–H and O–H groups in total. The minimum Gasteiger partial charge on any atom is -0.490 e. The van der Waals surface area contributed by atoms with Gasteiger partial charge in [-0.3, -0.25) is 4.79 Å². The number of carbonyl (C=O) groups is 1. The van der Waals surface area contributed by atoms with Crippen molar-refractivity contribution in [2.24, 2.45) is 0 Å². The van der Waals surface area contributed by atoms with Gasteiger partial charge in [0.05, 0.1) is 6.61 Å². The minimum atomic E-state index is -0.213. The number of para-hydroxylation sites is 1. The van der Waals surface area contributed by atoms with E-state index in [0.717, 1.165) is 24.3 Å². The van der Waals surface area contributed by atoms with Crippen molar-refractivity contribution in [2.45, 2.75) is 20.0 Å². The number of rotatable bonds is 10. The fourth-order valence-corrected chi connectivity index (χ4v) is 3.33. The summed E-state index contributed by atoms with van der Waals surface area (Å²) >= 11 is 1.74. The summed E-state index contributed by atoms with van der Waals surface area (Å²) in [6.45, 7) is 3.93. The zero-order chi connectivity index (χ0) is 19.6. The van der Waals surface area contributed by atoms with Crippen LogP contribution in [0.3, 0.4) is 0 Å². The van der Waals surface area contributed by atoms with Crippen LogP contribution >= 0.6 is 11.3 Å². The molecular weight excluding hydrogens is 372 g/mol. The van der Waals surface area contributed by atoms with E-state index in [4.69, 9.17) is 9.47 Å². The number of hydrogen-bond donors (Lipinski definition) is 2. The van der Waals surface area contributed by atoms with E-state index in [1.165, 1.54) is 4.88 Å². The molecule has 1 aromatic heterocycles. The summed E-state index contributed by atoms with van der Waals surface area (Å²) in [5.74, 6) is 0.993. The SMILES string of the molecule is CCOc1cc(CNCc2cccs2)ccc1OCC(=O)Nc1ccccc1. The molecule has 3 rings (SSSR count). The Hall–Kier alpha value is -2.83. The molecule has 0 fully saturated rings. The Bertz CT molecular complexity index is 867. The van der Waals surface area contributed by atoms with Crippen molar-refractivity contribution in [3.63, 3.8) is 0 Å². The van der Waals surface area contributed by atoms with E-state index in [9.17, 15) is 4.79 Å². The maximum atomic E-state index is 12.1. The number of carbonyl (C=O) groups excluding carboxylic acids is 1. The first-order valence-electron chi connectivity index (χ1n) is 9.21. The average Bonchev–Trinajstić information content (AvgIpc) is 3.22. The van der Waals surface area contributed by atoms with Gasteiger partial charge in [0.2, 0.25) is 0 Å². The Morgan fingerprint density at radius 3 is 2.57 bits per heavy atom. The maximum Gasteiger partial charge on any atom is 0.262 e. The van der Waals surface area contributed by atoms with Crippen molar-refractivity contribution in [3.05, 3.63) is 76.5 Å². The molecule has 0 bridgehead atoms. The van der Waals surface area contributed by atoms with Gasteiger partial charge in [0.15, 0.2) is 18.1 Å². The van der Waals surface area contributed by atoms with Gasteiger partial charge in [-0.25, -0.2) is 0 Å². The summed E-state index contributed by atoms with van der Waals surface area (Å²) in [7, 11) is 0. The van der Waals surface area contributed by atoms with E-state index in [0.29, 0.717) is 18.1 Å². The number of nitrogens with one attached hydrogen (secondary N) is 2. The molecule has 28 heavy (non-hydrogen) atoms. The second-order valence-corrected chi connectivity index (χ2v) is 7.13. The van der Waals surface area contributed by atoms with Crippen LogP contribution in [0, 0.1) is 0 Å². The number of ether oxygens (including phenoxy) is 2. The zero-order valence-electron chi connectivity index (χ0n) is 15.8. The summed E-state index contributed by atoms with van der Waals surface area (Å²) in [6.07, 6.45) is 0. The summed E-state index contributed by atoms with van der Waals surface area (Å²) < 4.78 is 11.4. The third kappa shape index (κ3) is 6.11. The standard InChI is InChI=1S/C22H24N2O3S/c1-2-26-21-13-17(14-23-15-19-9-6-12-28-19)10-11-20(21)27-16-22(25)24-18-7-4-3-5-8-18/h3-13,23H,2,14-16H2,1H3,(H,24,25). The van der Waals surface area contributed by atoms with Crippen molar-refractivity contribution >= 4 is 22.9 Å². The summed E-state index contributed by atoms with van der Waals surface area (Å²) in [5, 5.41) is 8.30. The lowest BCUT2D eigenvalue weighted by Gasteiger charge is -2.14. The van der Waals surface area contributed by atoms with E-state index in [-0.39, 0.29) is 12.5 Å². The monoisotopic (exact) mass is 396 g/mol. The van der Waals surface area contributed by atoms with Crippen molar-refractivity contribution in [2.75, 3.05) is 18.5 Å². The second-order valence-electron chi connectivity index (χ2n) is 6.10. The smallest absolute Gasteiger partial charge is 0.262 e. The minimum absolute atomic E-state index is 0.0784. The van der Waals surface area contributed by atoms with Gasteiger partial charge >= 0.3 is 0 Å². The van der Waals surface area contributed by atoms with E-state index in [1.54, 1.807) is 11.3 Å². The molecule has 0 radical (unpaired) electrons. The normalized spacial score (nSPS) is 10.5. The Morgan fingerprint density at radius 2 is 1.82 bits per heavy atom. The highest BCUT2D eigenvalue weighted by Gasteiger charge is 2.10. The molecule has 0 spiro atoms. The Labute approximate surface area is 169 Å². The van der Waals surface area contributed by atoms with Crippen molar-refractivity contribution in [3.8, 4) is 11.5 Å². The molecule has 0 aliphatic heterocycles. The molecule has 146 valence electrons. The fourth-order valence-electron chi connectivity index (χ4n) is 2.66. The van der Waals surface area contributed by atoms with Crippen molar-refractivity contribution in [1.82, 2.24) is 5.32 Å². The van der Waals surface area contributed by atoms with Crippen LogP contribution in [0.15, 0.2) is 66.0 Å². The van der Waals surface area contributed by atoms with E-state index in [2.05, 4.69) is 28.1 Å². The quantitative estimate of drug-likeness (QED) is 0.531. The number of amides is 1. The molecule has 0 atom stereocenters. The predicted molar refractivity (Wildman–Crippen MR) is 113 cm³/mol. The van der Waals surface area contributed by atoms with Crippen LogP contribution in [0.4, 0.5) is 5.69 Å². The number of benzene rings is 2. The largest absolute Gasteiger partial charge is 0.490 e. The molecule has 0 saturated carbocycles. The third-order valence-electron chi connectivity index (χ3n) is 3.93. The van der Waals surface area contributed by atoms with Gasteiger partial charge in [0.25, 0.3) is 5.91 Å². The molecule has 0 saturated heterocycles. The van der Waals surface area contributed by atoms with Crippen LogP contribution in [0.5, 0.6) is 11.5 Å². The van der Waals surface area contributed by atoms with Gasteiger partial charge in [-0.05, 0) is 48.2 Å². The highest BCUT2D eigenvalue weighted by atomic mass is 32.1. The molecule has 0 aliphatic rings. The van der Waals surface area contributed by atoms with Gasteiger partial charge in [0, 0.05) is 23.7 Å². The fraction of sp³-hybridized carbons (Fsp3) is 0.227. The predicted octanol–water partition coefficient (Wildman–Crippen LogP) is 4.45. The summed E-state index contributed by atoms with van der Waals surface area (Å²) in [4.78, 5) is 13.4. The van der Waals surface area contributed by atoms with Crippen LogP contribution in [0.1, 0.15) is 17.4 Å². The van der Waals surface area contributed by atoms with E-state index < -0.39 is 0 Å². The number of anilines is 1. The van der Waals surface area contributed by atoms with Gasteiger partial charge in [-0.2, -0.15) is 0 Å². The lowest BCUT2D eigenvalue weighted by atomic mass is 10.2. The van der Waals surface area contributed by atoms with Crippen LogP contribution in [0.2, 0.25) is 0 Å². The van der Waals surface area contributed by atoms with E-state index >= 15 is 0 Å². The zero-order valence-corrected chi connectivity index (χ0v) is 16.6. The number of thiophene rings is 1. The van der Waals surface area contributed by atoms with Crippen molar-refractivity contribution < 1.29 is 14.3 Å². The van der Waals surface area contributed by atoms with Crippen LogP contribution in [0.25, 0.3) is 0 Å². The summed E-state index contributed by atoms with van der Waals surface area (Å²) in [5.41, 5.74) is 1.84. The van der Waals surface area contributed by atoms with Crippen LogP contribution in [-0.2, 0) is 17.9 Å². The Morgan fingerprint density at radius 1 is 0.964 bits per heavy atom. The highest BCUT2D eigenvalue weighted by Crippen LogP contribution is 2.28.